The largest absolute Gasteiger partial charge is 0.489 e. The Balaban J connectivity index is 1.58. The molecule has 106 valence electrons. The van der Waals surface area contributed by atoms with Gasteiger partial charge in [0.1, 0.15) is 23.9 Å². The van der Waals surface area contributed by atoms with E-state index in [-0.39, 0.29) is 0 Å². The van der Waals surface area contributed by atoms with Gasteiger partial charge in [-0.25, -0.2) is 0 Å². The highest BCUT2D eigenvalue weighted by Gasteiger charge is 2.20. The highest BCUT2D eigenvalue weighted by Crippen LogP contribution is 2.22. The van der Waals surface area contributed by atoms with E-state index in [1.807, 2.05) is 31.2 Å². The van der Waals surface area contributed by atoms with Gasteiger partial charge in [0.25, 0.3) is 0 Å². The Kier molecular flexibility index (Phi) is 3.99. The van der Waals surface area contributed by atoms with Crippen LogP contribution in [0.2, 0.25) is 5.02 Å². The van der Waals surface area contributed by atoms with Gasteiger partial charge in [-0.1, -0.05) is 17.7 Å². The van der Waals surface area contributed by atoms with Crippen molar-refractivity contribution in [2.45, 2.75) is 39.0 Å². The third kappa shape index (κ3) is 3.56. The summed E-state index contributed by atoms with van der Waals surface area (Å²) < 4.78 is 11.5. The zero-order chi connectivity index (χ0) is 13.9. The van der Waals surface area contributed by atoms with Gasteiger partial charge in [0, 0.05) is 16.6 Å². The first-order chi connectivity index (χ1) is 9.70. The van der Waals surface area contributed by atoms with Crippen LogP contribution in [-0.2, 0) is 13.2 Å². The van der Waals surface area contributed by atoms with Crippen molar-refractivity contribution < 1.29 is 9.15 Å². The second kappa shape index (κ2) is 5.90. The molecule has 0 saturated heterocycles. The van der Waals surface area contributed by atoms with Crippen molar-refractivity contribution in [3.8, 4) is 5.75 Å². The average Bonchev–Trinajstić information content (AvgIpc) is 3.18. The molecule has 1 N–H and O–H groups in total. The second-order valence-electron chi connectivity index (χ2n) is 5.20. The minimum Gasteiger partial charge on any atom is -0.489 e. The molecule has 0 aliphatic heterocycles. The standard InChI is InChI=1S/C16H18ClNO2/c1-11-12(7-16(20-11)9-18-14-5-6-14)10-19-15-4-2-3-13(17)8-15/h2-4,7-8,14,18H,5-6,9-10H2,1H3. The maximum absolute atomic E-state index is 5.93. The van der Waals surface area contributed by atoms with E-state index in [4.69, 9.17) is 20.8 Å². The van der Waals surface area contributed by atoms with Crippen molar-refractivity contribution in [1.29, 1.82) is 0 Å². The Morgan fingerprint density at radius 3 is 2.95 bits per heavy atom. The van der Waals surface area contributed by atoms with E-state index < -0.39 is 0 Å². The van der Waals surface area contributed by atoms with Crippen LogP contribution in [0.1, 0.15) is 29.9 Å². The lowest BCUT2D eigenvalue weighted by Gasteiger charge is -2.05. The highest BCUT2D eigenvalue weighted by molar-refractivity contribution is 6.30. The summed E-state index contributed by atoms with van der Waals surface area (Å²) in [7, 11) is 0. The molecule has 1 aromatic carbocycles. The van der Waals surface area contributed by atoms with Crippen molar-refractivity contribution in [1.82, 2.24) is 5.32 Å². The third-order valence-corrected chi connectivity index (χ3v) is 3.64. The minimum absolute atomic E-state index is 0.499. The molecule has 0 spiro atoms. The summed E-state index contributed by atoms with van der Waals surface area (Å²) in [4.78, 5) is 0. The summed E-state index contributed by atoms with van der Waals surface area (Å²) in [5.74, 6) is 2.66. The first kappa shape index (κ1) is 13.5. The van der Waals surface area contributed by atoms with Crippen LogP contribution in [0.4, 0.5) is 0 Å². The molecule has 1 heterocycles. The molecule has 1 aliphatic carbocycles. The first-order valence-electron chi connectivity index (χ1n) is 6.90. The summed E-state index contributed by atoms with van der Waals surface area (Å²) in [6, 6.07) is 10.2. The lowest BCUT2D eigenvalue weighted by molar-refractivity contribution is 0.303. The molecule has 0 unspecified atom stereocenters. The molecule has 3 rings (SSSR count). The fraction of sp³-hybridized carbons (Fsp3) is 0.375. The van der Waals surface area contributed by atoms with E-state index in [2.05, 4.69) is 11.4 Å². The number of ether oxygens (including phenoxy) is 1. The van der Waals surface area contributed by atoms with Crippen LogP contribution in [-0.4, -0.2) is 6.04 Å². The van der Waals surface area contributed by atoms with Crippen LogP contribution in [0.3, 0.4) is 0 Å². The van der Waals surface area contributed by atoms with Crippen LogP contribution in [0.5, 0.6) is 5.75 Å². The van der Waals surface area contributed by atoms with Gasteiger partial charge in [-0.3, -0.25) is 0 Å². The van der Waals surface area contributed by atoms with Crippen molar-refractivity contribution in [3.63, 3.8) is 0 Å². The quantitative estimate of drug-likeness (QED) is 0.871. The topological polar surface area (TPSA) is 34.4 Å². The zero-order valence-electron chi connectivity index (χ0n) is 11.5. The second-order valence-corrected chi connectivity index (χ2v) is 5.63. The SMILES string of the molecule is Cc1oc(CNC2CC2)cc1COc1cccc(Cl)c1. The predicted molar refractivity (Wildman–Crippen MR) is 79.1 cm³/mol. The number of hydrogen-bond donors (Lipinski definition) is 1. The van der Waals surface area contributed by atoms with E-state index in [1.54, 1.807) is 0 Å². The molecule has 0 amide bonds. The number of halogens is 1. The number of benzene rings is 1. The molecule has 2 aromatic rings. The molecule has 1 fully saturated rings. The summed E-state index contributed by atoms with van der Waals surface area (Å²) in [6.07, 6.45) is 2.56. The summed E-state index contributed by atoms with van der Waals surface area (Å²) in [6.45, 7) is 3.26. The van der Waals surface area contributed by atoms with Gasteiger partial charge in [0.15, 0.2) is 0 Å². The molecule has 0 bridgehead atoms. The molecule has 1 aliphatic rings. The molecule has 1 saturated carbocycles. The van der Waals surface area contributed by atoms with Crippen molar-refractivity contribution in [2.24, 2.45) is 0 Å². The van der Waals surface area contributed by atoms with Crippen molar-refractivity contribution >= 4 is 11.6 Å². The number of hydrogen-bond acceptors (Lipinski definition) is 3. The number of nitrogens with one attached hydrogen (secondary N) is 1. The first-order valence-corrected chi connectivity index (χ1v) is 7.28. The molecule has 3 nitrogen and oxygen atoms in total. The fourth-order valence-electron chi connectivity index (χ4n) is 2.07. The number of rotatable bonds is 6. The van der Waals surface area contributed by atoms with E-state index in [9.17, 15) is 0 Å². The average molecular weight is 292 g/mol. The van der Waals surface area contributed by atoms with Crippen LogP contribution < -0.4 is 10.1 Å². The van der Waals surface area contributed by atoms with Crippen LogP contribution >= 0.6 is 11.6 Å². The summed E-state index contributed by atoms with van der Waals surface area (Å²) in [5.41, 5.74) is 1.08. The van der Waals surface area contributed by atoms with Crippen molar-refractivity contribution in [2.75, 3.05) is 0 Å². The molecular weight excluding hydrogens is 274 g/mol. The van der Waals surface area contributed by atoms with Gasteiger partial charge >= 0.3 is 0 Å². The van der Waals surface area contributed by atoms with Crippen LogP contribution in [0, 0.1) is 6.92 Å². The Morgan fingerprint density at radius 2 is 2.20 bits per heavy atom. The lowest BCUT2D eigenvalue weighted by atomic mass is 10.2. The van der Waals surface area contributed by atoms with Gasteiger partial charge in [-0.15, -0.1) is 0 Å². The molecule has 0 atom stereocenters. The molecule has 0 radical (unpaired) electrons. The van der Waals surface area contributed by atoms with Gasteiger partial charge in [0.05, 0.1) is 6.54 Å². The van der Waals surface area contributed by atoms with Gasteiger partial charge in [0.2, 0.25) is 0 Å². The zero-order valence-corrected chi connectivity index (χ0v) is 12.2. The van der Waals surface area contributed by atoms with Gasteiger partial charge in [-0.2, -0.15) is 0 Å². The fourth-order valence-corrected chi connectivity index (χ4v) is 2.25. The summed E-state index contributed by atoms with van der Waals surface area (Å²) in [5, 5.41) is 4.12. The van der Waals surface area contributed by atoms with Crippen LogP contribution in [0.15, 0.2) is 34.7 Å². The molecular formula is C16H18ClNO2. The highest BCUT2D eigenvalue weighted by atomic mass is 35.5. The van der Waals surface area contributed by atoms with E-state index in [0.29, 0.717) is 17.7 Å². The van der Waals surface area contributed by atoms with Gasteiger partial charge < -0.3 is 14.5 Å². The van der Waals surface area contributed by atoms with Gasteiger partial charge in [-0.05, 0) is 44.0 Å². The smallest absolute Gasteiger partial charge is 0.121 e. The lowest BCUT2D eigenvalue weighted by Crippen LogP contribution is -2.14. The van der Waals surface area contributed by atoms with E-state index in [1.165, 1.54) is 12.8 Å². The maximum Gasteiger partial charge on any atom is 0.121 e. The summed E-state index contributed by atoms with van der Waals surface area (Å²) >= 11 is 5.93. The third-order valence-electron chi connectivity index (χ3n) is 3.40. The predicted octanol–water partition coefficient (Wildman–Crippen LogP) is 4.07. The Morgan fingerprint density at radius 1 is 1.35 bits per heavy atom. The monoisotopic (exact) mass is 291 g/mol. The van der Waals surface area contributed by atoms with E-state index >= 15 is 0 Å². The maximum atomic E-state index is 5.93. The normalized spacial score (nSPS) is 14.5. The molecule has 4 heteroatoms. The Labute approximate surface area is 123 Å². The van der Waals surface area contributed by atoms with E-state index in [0.717, 1.165) is 29.4 Å². The van der Waals surface area contributed by atoms with Crippen LogP contribution in [0.25, 0.3) is 0 Å². The molecule has 20 heavy (non-hydrogen) atoms. The Hall–Kier alpha value is -1.45. The molecule has 1 aromatic heterocycles. The number of furan rings is 1. The minimum atomic E-state index is 0.499. The van der Waals surface area contributed by atoms with Crippen molar-refractivity contribution in [3.05, 3.63) is 52.4 Å². The Bertz CT molecular complexity index is 590. The number of aryl methyl sites for hydroxylation is 1.